The summed E-state index contributed by atoms with van der Waals surface area (Å²) >= 11 is 12.1. The summed E-state index contributed by atoms with van der Waals surface area (Å²) in [6.07, 6.45) is 0.347. The molecule has 1 aliphatic carbocycles. The maximum Gasteiger partial charge on any atom is 0.246 e. The first-order valence-corrected chi connectivity index (χ1v) is 9.48. The van der Waals surface area contributed by atoms with Gasteiger partial charge in [0.05, 0.1) is 19.9 Å². The molecule has 4 rings (SSSR count). The molecule has 7 heteroatoms. The van der Waals surface area contributed by atoms with Gasteiger partial charge in [-0.15, -0.1) is 11.6 Å². The van der Waals surface area contributed by atoms with Crippen molar-refractivity contribution >= 4 is 40.6 Å². The van der Waals surface area contributed by atoms with Crippen molar-refractivity contribution in [3.05, 3.63) is 64.3 Å². The van der Waals surface area contributed by atoms with Crippen LogP contribution in [-0.2, 0) is 16.6 Å². The van der Waals surface area contributed by atoms with Crippen LogP contribution in [0.2, 0.25) is 5.02 Å². The third kappa shape index (κ3) is 2.33. The van der Waals surface area contributed by atoms with Crippen molar-refractivity contribution in [1.82, 2.24) is 0 Å². The normalized spacial score (nSPS) is 19.8. The molecule has 0 saturated carbocycles. The van der Waals surface area contributed by atoms with E-state index in [4.69, 9.17) is 32.7 Å². The smallest absolute Gasteiger partial charge is 0.246 e. The van der Waals surface area contributed by atoms with Gasteiger partial charge >= 0.3 is 0 Å². The molecule has 5 nitrogen and oxygen atoms in total. The molecule has 0 saturated heterocycles. The van der Waals surface area contributed by atoms with E-state index in [0.717, 1.165) is 5.56 Å². The van der Waals surface area contributed by atoms with Crippen LogP contribution in [0.5, 0.6) is 11.5 Å². The number of amides is 1. The van der Waals surface area contributed by atoms with E-state index in [1.54, 1.807) is 37.4 Å². The maximum absolute atomic E-state index is 13.7. The number of Topliss-reactive ketones (excluding diaryl/α,β-unsaturated/α-hetero) is 1. The molecule has 1 atom stereocenters. The van der Waals surface area contributed by atoms with Crippen LogP contribution in [0.3, 0.4) is 0 Å². The SMILES string of the molecule is C=C1N(C(=O)CCl)c2ccc(Cl)cc2C12Cc1cc(OC)c(OC)cc1C2=O. The average Bonchev–Trinajstić information content (AvgIpc) is 3.12. The van der Waals surface area contributed by atoms with Gasteiger partial charge in [-0.1, -0.05) is 18.2 Å². The number of nitrogens with zero attached hydrogens (tertiary/aromatic N) is 1. The molecule has 2 aromatic rings. The number of benzene rings is 2. The van der Waals surface area contributed by atoms with Crippen LogP contribution in [-0.4, -0.2) is 31.8 Å². The topological polar surface area (TPSA) is 55.8 Å². The van der Waals surface area contributed by atoms with Gasteiger partial charge in [-0.25, -0.2) is 0 Å². The first-order chi connectivity index (χ1) is 13.4. The standard InChI is InChI=1S/C21H17Cl2NO4/c1-11-21(15-7-13(23)4-5-16(15)24(11)19(25)10-22)9-12-6-17(27-2)18(28-3)8-14(12)20(21)26/h4-8H,1,9-10H2,2-3H3. The second kappa shape index (κ2) is 6.54. The highest BCUT2D eigenvalue weighted by Crippen LogP contribution is 2.55. The van der Waals surface area contributed by atoms with Gasteiger partial charge in [0.15, 0.2) is 17.3 Å². The van der Waals surface area contributed by atoms with Crippen LogP contribution in [0.15, 0.2) is 42.6 Å². The predicted octanol–water partition coefficient (Wildman–Crippen LogP) is 4.13. The van der Waals surface area contributed by atoms with Crippen LogP contribution < -0.4 is 14.4 Å². The molecule has 0 fully saturated rings. The van der Waals surface area contributed by atoms with Gasteiger partial charge in [0.1, 0.15) is 11.3 Å². The highest BCUT2D eigenvalue weighted by atomic mass is 35.5. The summed E-state index contributed by atoms with van der Waals surface area (Å²) < 4.78 is 10.7. The Morgan fingerprint density at radius 2 is 1.89 bits per heavy atom. The Morgan fingerprint density at radius 1 is 1.21 bits per heavy atom. The van der Waals surface area contributed by atoms with Crippen LogP contribution in [0, 0.1) is 0 Å². The third-order valence-corrected chi connectivity index (χ3v) is 5.95. The van der Waals surface area contributed by atoms with Crippen molar-refractivity contribution in [2.75, 3.05) is 25.0 Å². The van der Waals surface area contributed by atoms with Crippen molar-refractivity contribution in [3.8, 4) is 11.5 Å². The van der Waals surface area contributed by atoms with Gasteiger partial charge in [0, 0.05) is 16.3 Å². The molecule has 144 valence electrons. The lowest BCUT2D eigenvalue weighted by Gasteiger charge is -2.26. The Balaban J connectivity index is 1.95. The molecule has 1 aliphatic heterocycles. The lowest BCUT2D eigenvalue weighted by atomic mass is 9.76. The second-order valence-electron chi connectivity index (χ2n) is 6.75. The Morgan fingerprint density at radius 3 is 2.54 bits per heavy atom. The Kier molecular flexibility index (Phi) is 4.40. The lowest BCUT2D eigenvalue weighted by molar-refractivity contribution is -0.115. The summed E-state index contributed by atoms with van der Waals surface area (Å²) in [6.45, 7) is 4.12. The van der Waals surface area contributed by atoms with Crippen LogP contribution in [0.4, 0.5) is 5.69 Å². The van der Waals surface area contributed by atoms with Crippen molar-refractivity contribution < 1.29 is 19.1 Å². The van der Waals surface area contributed by atoms with Gasteiger partial charge in [-0.2, -0.15) is 0 Å². The van der Waals surface area contributed by atoms with E-state index < -0.39 is 5.41 Å². The third-order valence-electron chi connectivity index (χ3n) is 5.48. The number of halogens is 2. The number of methoxy groups -OCH3 is 2. The van der Waals surface area contributed by atoms with Crippen LogP contribution in [0.25, 0.3) is 0 Å². The summed E-state index contributed by atoms with van der Waals surface area (Å²) in [5.74, 6) is 0.290. The predicted molar refractivity (Wildman–Crippen MR) is 108 cm³/mol. The summed E-state index contributed by atoms with van der Waals surface area (Å²) in [5.41, 5.74) is 1.83. The number of hydrogen-bond acceptors (Lipinski definition) is 4. The van der Waals surface area contributed by atoms with E-state index in [2.05, 4.69) is 6.58 Å². The fourth-order valence-corrected chi connectivity index (χ4v) is 4.50. The van der Waals surface area contributed by atoms with E-state index in [-0.39, 0.29) is 17.6 Å². The molecule has 28 heavy (non-hydrogen) atoms. The van der Waals surface area contributed by atoms with Gasteiger partial charge in [0.2, 0.25) is 5.91 Å². The minimum absolute atomic E-state index is 0.151. The van der Waals surface area contributed by atoms with Gasteiger partial charge in [-0.05, 0) is 47.9 Å². The number of ether oxygens (including phenoxy) is 2. The highest BCUT2D eigenvalue weighted by Gasteiger charge is 2.57. The number of rotatable bonds is 3. The number of hydrogen-bond donors (Lipinski definition) is 0. The average molecular weight is 418 g/mol. The Hall–Kier alpha value is -2.50. The van der Waals surface area contributed by atoms with Crippen molar-refractivity contribution in [3.63, 3.8) is 0 Å². The Bertz CT molecular complexity index is 1050. The number of allylic oxidation sites excluding steroid dienone is 1. The van der Waals surface area contributed by atoms with Crippen LogP contribution >= 0.6 is 23.2 Å². The number of anilines is 1. The molecule has 2 aliphatic rings. The zero-order valence-electron chi connectivity index (χ0n) is 15.3. The highest BCUT2D eigenvalue weighted by molar-refractivity contribution is 6.32. The second-order valence-corrected chi connectivity index (χ2v) is 7.45. The molecule has 2 aromatic carbocycles. The molecule has 0 bridgehead atoms. The fraction of sp³-hybridized carbons (Fsp3) is 0.238. The number of carbonyl (C=O) groups is 2. The van der Waals surface area contributed by atoms with Crippen molar-refractivity contribution in [1.29, 1.82) is 0 Å². The molecule has 1 spiro atoms. The molecular weight excluding hydrogens is 401 g/mol. The summed E-state index contributed by atoms with van der Waals surface area (Å²) in [4.78, 5) is 27.6. The molecule has 0 radical (unpaired) electrons. The lowest BCUT2D eigenvalue weighted by Crippen LogP contribution is -2.38. The van der Waals surface area contributed by atoms with E-state index in [0.29, 0.717) is 45.5 Å². The number of ketones is 1. The summed E-state index contributed by atoms with van der Waals surface area (Å²) in [7, 11) is 3.06. The number of carbonyl (C=O) groups excluding carboxylic acids is 2. The van der Waals surface area contributed by atoms with Crippen molar-refractivity contribution in [2.24, 2.45) is 0 Å². The molecule has 1 amide bonds. The number of alkyl halides is 1. The monoisotopic (exact) mass is 417 g/mol. The van der Waals surface area contributed by atoms with Crippen LogP contribution in [0.1, 0.15) is 21.5 Å². The molecule has 1 unspecified atom stereocenters. The van der Waals surface area contributed by atoms with Gasteiger partial charge < -0.3 is 9.47 Å². The van der Waals surface area contributed by atoms with Crippen molar-refractivity contribution in [2.45, 2.75) is 11.8 Å². The van der Waals surface area contributed by atoms with E-state index in [1.807, 2.05) is 0 Å². The largest absolute Gasteiger partial charge is 0.493 e. The first kappa shape index (κ1) is 18.8. The van der Waals surface area contributed by atoms with E-state index in [9.17, 15) is 9.59 Å². The maximum atomic E-state index is 13.7. The zero-order chi connectivity index (χ0) is 20.2. The summed E-state index contributed by atoms with van der Waals surface area (Å²) in [6, 6.07) is 8.60. The minimum Gasteiger partial charge on any atom is -0.493 e. The molecule has 1 heterocycles. The summed E-state index contributed by atoms with van der Waals surface area (Å²) in [5, 5.41) is 0.477. The zero-order valence-corrected chi connectivity index (χ0v) is 16.9. The fourth-order valence-electron chi connectivity index (χ4n) is 4.21. The first-order valence-electron chi connectivity index (χ1n) is 8.57. The van der Waals surface area contributed by atoms with E-state index >= 15 is 0 Å². The van der Waals surface area contributed by atoms with E-state index in [1.165, 1.54) is 12.0 Å². The molecule has 0 aromatic heterocycles. The number of fused-ring (bicyclic) bond motifs is 3. The molecule has 0 N–H and O–H groups in total. The Labute approximate surface area is 172 Å². The molecular formula is C21H17Cl2NO4. The van der Waals surface area contributed by atoms with Gasteiger partial charge in [-0.3, -0.25) is 14.5 Å². The quantitative estimate of drug-likeness (QED) is 0.704. The van der Waals surface area contributed by atoms with Gasteiger partial charge in [0.25, 0.3) is 0 Å². The minimum atomic E-state index is -1.11.